The van der Waals surface area contributed by atoms with Crippen molar-refractivity contribution >= 4 is 18.1 Å². The number of amidine groups is 1. The van der Waals surface area contributed by atoms with Gasteiger partial charge in [-0.3, -0.25) is 15.2 Å². The third-order valence-corrected chi connectivity index (χ3v) is 6.33. The fraction of sp³-hybridized carbons (Fsp3) is 0.290. The van der Waals surface area contributed by atoms with Crippen molar-refractivity contribution < 1.29 is 22.7 Å². The number of amides is 1. The SMILES string of the molecule is C=C/C(OC)=C(\C=C/C(=C)/C=C/C1=NC(=O)C(/C2=C/C(F)=C=C(F)/C(F)=C\C2)N2CCCCN12)N(C=N)C=C(C)C. The summed E-state index contributed by atoms with van der Waals surface area (Å²) < 4.78 is 47.2. The molecule has 3 aliphatic rings. The highest BCUT2D eigenvalue weighted by molar-refractivity contribution is 6.05. The average molecular weight is 566 g/mol. The smallest absolute Gasteiger partial charge is 0.271 e. The van der Waals surface area contributed by atoms with Gasteiger partial charge in [-0.25, -0.2) is 9.40 Å². The lowest BCUT2D eigenvalue weighted by molar-refractivity contribution is -0.130. The van der Waals surface area contributed by atoms with Gasteiger partial charge < -0.3 is 9.64 Å². The Morgan fingerprint density at radius 1 is 1.22 bits per heavy atom. The highest BCUT2D eigenvalue weighted by Gasteiger charge is 2.39. The predicted octanol–water partition coefficient (Wildman–Crippen LogP) is 6.64. The van der Waals surface area contributed by atoms with Gasteiger partial charge in [-0.2, -0.15) is 13.8 Å². The molecule has 0 aromatic rings. The van der Waals surface area contributed by atoms with Gasteiger partial charge in [0.25, 0.3) is 5.91 Å². The van der Waals surface area contributed by atoms with Crippen LogP contribution in [0.2, 0.25) is 0 Å². The number of aliphatic imine (C=N–C) groups is 1. The predicted molar refractivity (Wildman–Crippen MR) is 155 cm³/mol. The fourth-order valence-corrected chi connectivity index (χ4v) is 4.51. The molecule has 1 atom stereocenters. The molecule has 0 bridgehead atoms. The number of rotatable bonds is 10. The Bertz CT molecular complexity index is 1390. The molecule has 10 heteroatoms. The summed E-state index contributed by atoms with van der Waals surface area (Å²) in [6.07, 6.45) is 14.8. The molecule has 7 nitrogen and oxygen atoms in total. The first-order valence-corrected chi connectivity index (χ1v) is 13.0. The van der Waals surface area contributed by atoms with Gasteiger partial charge >= 0.3 is 0 Å². The molecule has 41 heavy (non-hydrogen) atoms. The maximum absolute atomic E-state index is 14.3. The Balaban J connectivity index is 1.90. The van der Waals surface area contributed by atoms with Crippen molar-refractivity contribution in [2.75, 3.05) is 20.2 Å². The molecule has 1 aliphatic carbocycles. The van der Waals surface area contributed by atoms with Gasteiger partial charge in [0.1, 0.15) is 17.6 Å². The van der Waals surface area contributed by atoms with Crippen molar-refractivity contribution in [3.8, 4) is 0 Å². The lowest BCUT2D eigenvalue weighted by Crippen LogP contribution is -2.60. The second-order valence-corrected chi connectivity index (χ2v) is 9.61. The van der Waals surface area contributed by atoms with Gasteiger partial charge in [-0.15, -0.1) is 0 Å². The molecule has 1 unspecified atom stereocenters. The van der Waals surface area contributed by atoms with E-state index in [2.05, 4.69) is 18.2 Å². The van der Waals surface area contributed by atoms with E-state index in [4.69, 9.17) is 10.1 Å². The number of allylic oxidation sites excluding steroid dienone is 10. The Morgan fingerprint density at radius 2 is 1.95 bits per heavy atom. The minimum absolute atomic E-state index is 0.152. The van der Waals surface area contributed by atoms with Crippen molar-refractivity contribution in [2.24, 2.45) is 4.99 Å². The summed E-state index contributed by atoms with van der Waals surface area (Å²) in [4.78, 5) is 19.1. The number of nitrogens with one attached hydrogen (secondary N) is 1. The number of ether oxygens (including phenoxy) is 1. The molecule has 0 aromatic heterocycles. The molecule has 0 spiro atoms. The zero-order chi connectivity index (χ0) is 30.1. The zero-order valence-corrected chi connectivity index (χ0v) is 23.5. The lowest BCUT2D eigenvalue weighted by Gasteiger charge is -2.46. The topological polar surface area (TPSA) is 72.2 Å². The summed E-state index contributed by atoms with van der Waals surface area (Å²) in [6, 6.07) is -0.949. The van der Waals surface area contributed by atoms with E-state index in [1.165, 1.54) is 7.11 Å². The van der Waals surface area contributed by atoms with Crippen LogP contribution in [0, 0.1) is 5.41 Å². The molecule has 1 saturated heterocycles. The number of halogens is 3. The van der Waals surface area contributed by atoms with E-state index in [0.29, 0.717) is 36.0 Å². The molecule has 2 aliphatic heterocycles. The van der Waals surface area contributed by atoms with Crippen molar-refractivity contribution in [3.05, 3.63) is 113 Å². The fourth-order valence-electron chi connectivity index (χ4n) is 4.51. The van der Waals surface area contributed by atoms with Gasteiger partial charge in [0.05, 0.1) is 19.1 Å². The largest absolute Gasteiger partial charge is 0.495 e. The summed E-state index contributed by atoms with van der Waals surface area (Å²) in [5.74, 6) is -3.43. The van der Waals surface area contributed by atoms with Crippen molar-refractivity contribution in [3.63, 3.8) is 0 Å². The molecule has 1 amide bonds. The summed E-state index contributed by atoms with van der Waals surface area (Å²) >= 11 is 0. The minimum atomic E-state index is -1.42. The summed E-state index contributed by atoms with van der Waals surface area (Å²) in [7, 11) is 1.51. The average Bonchev–Trinajstić information content (AvgIpc) is 2.94. The van der Waals surface area contributed by atoms with E-state index in [-0.39, 0.29) is 12.0 Å². The molecule has 0 saturated carbocycles. The highest BCUT2D eigenvalue weighted by Crippen LogP contribution is 2.30. The number of nitrogens with zero attached hydrogens (tertiary/aromatic N) is 4. The Hall–Kier alpha value is -4.40. The van der Waals surface area contributed by atoms with Crippen LogP contribution in [0.5, 0.6) is 0 Å². The molecule has 0 aromatic carbocycles. The van der Waals surface area contributed by atoms with E-state index in [0.717, 1.165) is 36.9 Å². The first-order chi connectivity index (χ1) is 19.6. The van der Waals surface area contributed by atoms with Crippen LogP contribution in [0.4, 0.5) is 13.2 Å². The van der Waals surface area contributed by atoms with Crippen LogP contribution in [0.3, 0.4) is 0 Å². The molecule has 3 rings (SSSR count). The van der Waals surface area contributed by atoms with Gasteiger partial charge in [-0.1, -0.05) is 30.9 Å². The van der Waals surface area contributed by atoms with Crippen LogP contribution < -0.4 is 0 Å². The summed E-state index contributed by atoms with van der Waals surface area (Å²) in [5, 5.41) is 11.4. The standard InChI is InChI=1S/C31H34F3N5O2/c1-6-28(41-5)27(37(20-35)19-21(2)3)13-9-22(4)10-14-29-36-31(40)30(39-16-8-7-15-38(29)39)23-11-12-25(33)26(34)18-24(32)17-23/h6,9-10,12-14,17,19-20,30,35H,1,4,7-8,11,15-16H2,2-3,5H3/b13-9-,14-10+,23-17+,25-12+,28-27-,35-20?. The summed E-state index contributed by atoms with van der Waals surface area (Å²) in [6.45, 7) is 12.7. The van der Waals surface area contributed by atoms with E-state index in [9.17, 15) is 18.0 Å². The van der Waals surface area contributed by atoms with E-state index >= 15 is 0 Å². The van der Waals surface area contributed by atoms with Crippen molar-refractivity contribution in [1.82, 2.24) is 14.9 Å². The molecule has 2 heterocycles. The number of hydrogen-bond acceptors (Lipinski definition) is 5. The lowest BCUT2D eigenvalue weighted by atomic mass is 9.98. The van der Waals surface area contributed by atoms with E-state index in [1.54, 1.807) is 52.2 Å². The monoisotopic (exact) mass is 565 g/mol. The van der Waals surface area contributed by atoms with Crippen molar-refractivity contribution in [1.29, 1.82) is 5.41 Å². The van der Waals surface area contributed by atoms with Crippen LogP contribution in [0.15, 0.2) is 118 Å². The van der Waals surface area contributed by atoms with Gasteiger partial charge in [0, 0.05) is 19.3 Å². The minimum Gasteiger partial charge on any atom is -0.495 e. The highest BCUT2D eigenvalue weighted by atomic mass is 19.2. The van der Waals surface area contributed by atoms with Gasteiger partial charge in [0.15, 0.2) is 11.7 Å². The van der Waals surface area contributed by atoms with Crippen LogP contribution in [-0.2, 0) is 9.53 Å². The quantitative estimate of drug-likeness (QED) is 0.106. The number of methoxy groups -OCH3 is 1. The second kappa shape index (κ2) is 14.3. The second-order valence-electron chi connectivity index (χ2n) is 9.61. The number of carbonyl (C=O) groups is 1. The van der Waals surface area contributed by atoms with Crippen LogP contribution >= 0.6 is 0 Å². The third-order valence-electron chi connectivity index (χ3n) is 6.33. The summed E-state index contributed by atoms with van der Waals surface area (Å²) in [5.41, 5.74) is 4.10. The van der Waals surface area contributed by atoms with Crippen molar-refractivity contribution in [2.45, 2.75) is 39.2 Å². The van der Waals surface area contributed by atoms with Gasteiger partial charge in [0.2, 0.25) is 5.83 Å². The zero-order valence-electron chi connectivity index (χ0n) is 23.5. The first kappa shape index (κ1) is 31.1. The van der Waals surface area contributed by atoms with Crippen LogP contribution in [-0.4, -0.2) is 59.2 Å². The van der Waals surface area contributed by atoms with Crippen LogP contribution in [0.25, 0.3) is 0 Å². The molecular weight excluding hydrogens is 531 g/mol. The number of hydrazine groups is 1. The molecule has 0 radical (unpaired) electrons. The Labute approximate surface area is 238 Å². The van der Waals surface area contributed by atoms with Crippen LogP contribution in [0.1, 0.15) is 33.1 Å². The Morgan fingerprint density at radius 3 is 2.61 bits per heavy atom. The molecular formula is C31H34F3N5O2. The molecule has 1 fully saturated rings. The first-order valence-electron chi connectivity index (χ1n) is 13.0. The normalized spacial score (nSPS) is 23.0. The molecule has 216 valence electrons. The third kappa shape index (κ3) is 7.84. The van der Waals surface area contributed by atoms with E-state index in [1.807, 2.05) is 18.9 Å². The van der Waals surface area contributed by atoms with Gasteiger partial charge in [-0.05, 0) is 80.4 Å². The maximum Gasteiger partial charge on any atom is 0.271 e. The number of fused-ring (bicyclic) bond motifs is 1. The maximum atomic E-state index is 14.3. The Kier molecular flexibility index (Phi) is 10.9. The van der Waals surface area contributed by atoms with E-state index < -0.39 is 29.4 Å². The number of hydrogen-bond donors (Lipinski definition) is 1. The number of carbonyl (C=O) groups excluding carboxylic acids is 1. The molecule has 1 N–H and O–H groups in total.